The van der Waals surface area contributed by atoms with Crippen LogP contribution >= 0.6 is 11.6 Å². The highest BCUT2D eigenvalue weighted by Crippen LogP contribution is 2.33. The van der Waals surface area contributed by atoms with E-state index in [4.69, 9.17) is 22.1 Å². The van der Waals surface area contributed by atoms with E-state index in [-0.39, 0.29) is 11.9 Å². The number of nitrogens with two attached hydrogens (primary N) is 1. The zero-order valence-electron chi connectivity index (χ0n) is 15.2. The number of nitrogens with zero attached hydrogens (tertiary/aromatic N) is 3. The molecule has 0 bridgehead atoms. The van der Waals surface area contributed by atoms with Crippen molar-refractivity contribution in [2.45, 2.75) is 13.1 Å². The fourth-order valence-corrected chi connectivity index (χ4v) is 3.16. The number of methoxy groups -OCH3 is 1. The number of aliphatic imine (C=N–C) groups is 1. The quantitative estimate of drug-likeness (QED) is 0.590. The second-order valence-corrected chi connectivity index (χ2v) is 6.71. The van der Waals surface area contributed by atoms with Crippen LogP contribution in [0.15, 0.2) is 52.6 Å². The Balaban J connectivity index is 1.87. The van der Waals surface area contributed by atoms with Crippen LogP contribution in [0.25, 0.3) is 0 Å². The SMILES string of the molecule is COc1c(Cl)cccc1C1=NN(C(N)=Nc2ccc(C(F)(F)F)cc2)CC1C. The minimum Gasteiger partial charge on any atom is -0.494 e. The van der Waals surface area contributed by atoms with Crippen LogP contribution in [0.3, 0.4) is 0 Å². The number of halogens is 4. The van der Waals surface area contributed by atoms with Gasteiger partial charge in [0.1, 0.15) is 5.75 Å². The molecule has 148 valence electrons. The Morgan fingerprint density at radius 2 is 1.93 bits per heavy atom. The molecule has 2 aromatic carbocycles. The van der Waals surface area contributed by atoms with Gasteiger partial charge >= 0.3 is 6.18 Å². The van der Waals surface area contributed by atoms with Gasteiger partial charge in [-0.2, -0.15) is 18.3 Å². The highest BCUT2D eigenvalue weighted by Gasteiger charge is 2.30. The maximum Gasteiger partial charge on any atom is 0.416 e. The number of alkyl halides is 3. The highest BCUT2D eigenvalue weighted by molar-refractivity contribution is 6.32. The summed E-state index contributed by atoms with van der Waals surface area (Å²) in [5, 5.41) is 6.50. The molecule has 2 N–H and O–H groups in total. The molecule has 28 heavy (non-hydrogen) atoms. The van der Waals surface area contributed by atoms with Crippen LogP contribution in [-0.4, -0.2) is 30.3 Å². The molecule has 0 aliphatic carbocycles. The van der Waals surface area contributed by atoms with E-state index in [1.807, 2.05) is 13.0 Å². The normalized spacial score (nSPS) is 17.6. The number of guanidine groups is 1. The molecular formula is C19H18ClF3N4O. The Kier molecular flexibility index (Phi) is 5.51. The van der Waals surface area contributed by atoms with Gasteiger partial charge in [-0.3, -0.25) is 0 Å². The fraction of sp³-hybridized carbons (Fsp3) is 0.263. The zero-order valence-corrected chi connectivity index (χ0v) is 15.9. The summed E-state index contributed by atoms with van der Waals surface area (Å²) in [6.45, 7) is 2.45. The molecule has 0 radical (unpaired) electrons. The Morgan fingerprint density at radius 1 is 1.25 bits per heavy atom. The lowest BCUT2D eigenvalue weighted by Crippen LogP contribution is -2.32. The van der Waals surface area contributed by atoms with Crippen molar-refractivity contribution in [1.82, 2.24) is 5.01 Å². The minimum atomic E-state index is -4.40. The van der Waals surface area contributed by atoms with E-state index in [2.05, 4.69) is 10.1 Å². The Morgan fingerprint density at radius 3 is 2.54 bits per heavy atom. The number of hydrogen-bond acceptors (Lipinski definition) is 3. The van der Waals surface area contributed by atoms with Crippen molar-refractivity contribution in [3.8, 4) is 5.75 Å². The predicted molar refractivity (Wildman–Crippen MR) is 103 cm³/mol. The van der Waals surface area contributed by atoms with Gasteiger partial charge in [-0.25, -0.2) is 10.0 Å². The molecule has 1 aliphatic heterocycles. The number of hydrazone groups is 1. The molecular weight excluding hydrogens is 393 g/mol. The summed E-state index contributed by atoms with van der Waals surface area (Å²) >= 11 is 6.18. The first-order chi connectivity index (χ1) is 13.2. The average molecular weight is 411 g/mol. The first-order valence-corrected chi connectivity index (χ1v) is 8.79. The van der Waals surface area contributed by atoms with Gasteiger partial charge in [-0.1, -0.05) is 24.6 Å². The van der Waals surface area contributed by atoms with Gasteiger partial charge in [-0.05, 0) is 36.4 Å². The van der Waals surface area contributed by atoms with E-state index >= 15 is 0 Å². The summed E-state index contributed by atoms with van der Waals surface area (Å²) in [6, 6.07) is 9.83. The summed E-state index contributed by atoms with van der Waals surface area (Å²) in [7, 11) is 1.53. The maximum absolute atomic E-state index is 12.7. The van der Waals surface area contributed by atoms with Crippen LogP contribution < -0.4 is 10.5 Å². The van der Waals surface area contributed by atoms with Crippen LogP contribution in [0, 0.1) is 5.92 Å². The van der Waals surface area contributed by atoms with E-state index in [0.717, 1.165) is 23.4 Å². The van der Waals surface area contributed by atoms with E-state index in [1.165, 1.54) is 24.3 Å². The number of hydrogen-bond donors (Lipinski definition) is 1. The summed E-state index contributed by atoms with van der Waals surface area (Å²) in [5.41, 5.74) is 7.09. The number of rotatable bonds is 3. The van der Waals surface area contributed by atoms with Gasteiger partial charge in [0.15, 0.2) is 0 Å². The molecule has 0 saturated heterocycles. The van der Waals surface area contributed by atoms with E-state index < -0.39 is 11.7 Å². The van der Waals surface area contributed by atoms with Gasteiger partial charge < -0.3 is 10.5 Å². The van der Waals surface area contributed by atoms with E-state index in [0.29, 0.717) is 23.0 Å². The predicted octanol–water partition coefficient (Wildman–Crippen LogP) is 4.67. The van der Waals surface area contributed by atoms with Crippen molar-refractivity contribution < 1.29 is 17.9 Å². The molecule has 0 aromatic heterocycles. The van der Waals surface area contributed by atoms with E-state index in [9.17, 15) is 13.2 Å². The molecule has 1 heterocycles. The van der Waals surface area contributed by atoms with Gasteiger partial charge in [0.25, 0.3) is 0 Å². The first kappa shape index (κ1) is 20.0. The molecule has 0 spiro atoms. The van der Waals surface area contributed by atoms with Crippen molar-refractivity contribution in [3.63, 3.8) is 0 Å². The van der Waals surface area contributed by atoms with Gasteiger partial charge in [0.2, 0.25) is 5.96 Å². The second-order valence-electron chi connectivity index (χ2n) is 6.30. The monoisotopic (exact) mass is 410 g/mol. The standard InChI is InChI=1S/C19H18ClF3N4O/c1-11-10-27(26-16(11)14-4-3-5-15(20)17(14)28-2)18(24)25-13-8-6-12(7-9-13)19(21,22)23/h3-9,11H,10H2,1-2H3,(H2,24,25). The van der Waals surface area contributed by atoms with Gasteiger partial charge in [0, 0.05) is 11.5 Å². The largest absolute Gasteiger partial charge is 0.494 e. The topological polar surface area (TPSA) is 63.2 Å². The Hall–Kier alpha value is -2.74. The van der Waals surface area contributed by atoms with Crippen LogP contribution in [0.5, 0.6) is 5.75 Å². The summed E-state index contributed by atoms with van der Waals surface area (Å²) in [5.74, 6) is 0.631. The fourth-order valence-electron chi connectivity index (χ4n) is 2.91. The molecule has 0 amide bonds. The van der Waals surface area contributed by atoms with Gasteiger partial charge in [-0.15, -0.1) is 0 Å². The smallest absolute Gasteiger partial charge is 0.416 e. The molecule has 1 unspecified atom stereocenters. The lowest BCUT2D eigenvalue weighted by Gasteiger charge is -2.13. The zero-order chi connectivity index (χ0) is 20.5. The van der Waals surface area contributed by atoms with Gasteiger partial charge in [0.05, 0.1) is 35.6 Å². The molecule has 9 heteroatoms. The van der Waals surface area contributed by atoms with Crippen LogP contribution in [0.1, 0.15) is 18.1 Å². The van der Waals surface area contributed by atoms with Crippen molar-refractivity contribution in [1.29, 1.82) is 0 Å². The summed E-state index contributed by atoms with van der Waals surface area (Å²) < 4.78 is 43.4. The third-order valence-electron chi connectivity index (χ3n) is 4.29. The van der Waals surface area contributed by atoms with Crippen molar-refractivity contribution in [2.24, 2.45) is 21.7 Å². The molecule has 0 saturated carbocycles. The maximum atomic E-state index is 12.7. The lowest BCUT2D eigenvalue weighted by molar-refractivity contribution is -0.137. The molecule has 3 rings (SSSR count). The third kappa shape index (κ3) is 4.06. The molecule has 1 aliphatic rings. The number of para-hydroxylation sites is 1. The first-order valence-electron chi connectivity index (χ1n) is 8.41. The van der Waals surface area contributed by atoms with E-state index in [1.54, 1.807) is 12.1 Å². The Bertz CT molecular complexity index is 926. The van der Waals surface area contributed by atoms with Crippen LogP contribution in [-0.2, 0) is 6.18 Å². The third-order valence-corrected chi connectivity index (χ3v) is 4.59. The highest BCUT2D eigenvalue weighted by atomic mass is 35.5. The second kappa shape index (κ2) is 7.71. The van der Waals surface area contributed by atoms with Crippen LogP contribution in [0.4, 0.5) is 18.9 Å². The molecule has 1 atom stereocenters. The Labute approximate surface area is 165 Å². The molecule has 0 fully saturated rings. The minimum absolute atomic E-state index is 0.0220. The molecule has 2 aromatic rings. The summed E-state index contributed by atoms with van der Waals surface area (Å²) in [6.07, 6.45) is -4.40. The number of benzene rings is 2. The average Bonchev–Trinajstić information content (AvgIpc) is 3.03. The number of ether oxygens (including phenoxy) is 1. The van der Waals surface area contributed by atoms with Crippen molar-refractivity contribution >= 4 is 29.0 Å². The molecule has 5 nitrogen and oxygen atoms in total. The summed E-state index contributed by atoms with van der Waals surface area (Å²) in [4.78, 5) is 4.18. The van der Waals surface area contributed by atoms with Crippen molar-refractivity contribution in [2.75, 3.05) is 13.7 Å². The van der Waals surface area contributed by atoms with Crippen molar-refractivity contribution in [3.05, 3.63) is 58.6 Å². The lowest BCUT2D eigenvalue weighted by atomic mass is 9.98. The van der Waals surface area contributed by atoms with Crippen LogP contribution in [0.2, 0.25) is 5.02 Å².